The molecule has 0 aliphatic rings. The van der Waals surface area contributed by atoms with Gasteiger partial charge in [0.15, 0.2) is 5.82 Å². The van der Waals surface area contributed by atoms with E-state index in [1.54, 1.807) is 30.3 Å². The van der Waals surface area contributed by atoms with E-state index in [-0.39, 0.29) is 66.1 Å². The number of nitrogens with zero attached hydrogens (tertiary/aromatic N) is 4. The highest BCUT2D eigenvalue weighted by Gasteiger charge is 2.27. The van der Waals surface area contributed by atoms with E-state index >= 15 is 0 Å². The predicted octanol–water partition coefficient (Wildman–Crippen LogP) is 2.32. The quantitative estimate of drug-likeness (QED) is 0.0751. The summed E-state index contributed by atoms with van der Waals surface area (Å²) in [5.74, 6) is -0.0165. The maximum Gasteiger partial charge on any atom is 0.297 e. The molecule has 43 heavy (non-hydrogen) atoms. The number of rotatable bonds is 12. The third-order valence-electron chi connectivity index (χ3n) is 6.12. The lowest BCUT2D eigenvalue weighted by atomic mass is 10.0. The van der Waals surface area contributed by atoms with Gasteiger partial charge in [-0.05, 0) is 29.8 Å². The van der Waals surface area contributed by atoms with Crippen LogP contribution in [-0.2, 0) is 20.2 Å². The molecule has 0 fully saturated rings. The first-order valence-electron chi connectivity index (χ1n) is 12.6. The highest BCUT2D eigenvalue weighted by atomic mass is 32.2. The Morgan fingerprint density at radius 1 is 0.860 bits per heavy atom. The summed E-state index contributed by atoms with van der Waals surface area (Å²) in [5.41, 5.74) is 6.42. The van der Waals surface area contributed by atoms with Crippen LogP contribution in [0.2, 0.25) is 0 Å². The van der Waals surface area contributed by atoms with Crippen molar-refractivity contribution in [3.05, 3.63) is 78.1 Å². The van der Waals surface area contributed by atoms with Crippen molar-refractivity contribution in [3.8, 4) is 11.4 Å². The average Bonchev–Trinajstić information content (AvgIpc) is 2.96. The zero-order valence-corrected chi connectivity index (χ0v) is 24.1. The molecule has 0 unspecified atom stereocenters. The zero-order chi connectivity index (χ0) is 31.2. The van der Waals surface area contributed by atoms with Crippen LogP contribution in [0.1, 0.15) is 11.1 Å². The third kappa shape index (κ3) is 7.50. The van der Waals surface area contributed by atoms with E-state index in [0.717, 1.165) is 12.4 Å². The van der Waals surface area contributed by atoms with Crippen molar-refractivity contribution in [2.45, 2.75) is 9.79 Å². The predicted molar refractivity (Wildman–Crippen MR) is 161 cm³/mol. The minimum absolute atomic E-state index is 0.00991. The zero-order valence-electron chi connectivity index (χ0n) is 22.4. The summed E-state index contributed by atoms with van der Waals surface area (Å²) in [6, 6.07) is 15.6. The molecule has 16 heteroatoms. The van der Waals surface area contributed by atoms with E-state index < -0.39 is 30.0 Å². The van der Waals surface area contributed by atoms with Gasteiger partial charge in [0.2, 0.25) is 5.95 Å². The molecule has 0 atom stereocenters. The first kappa shape index (κ1) is 31.5. The topological polar surface area (TPSA) is 229 Å². The Kier molecular flexibility index (Phi) is 9.70. The monoisotopic (exact) mass is 628 g/mol. The van der Waals surface area contributed by atoms with Gasteiger partial charge >= 0.3 is 0 Å². The second kappa shape index (κ2) is 13.2. The van der Waals surface area contributed by atoms with Crippen LogP contribution in [0.4, 0.5) is 23.0 Å². The number of hydrogen-bond acceptors (Lipinski definition) is 12. The Morgan fingerprint density at radius 2 is 1.51 bits per heavy atom. The Labute approximate surface area is 247 Å². The van der Waals surface area contributed by atoms with Crippen molar-refractivity contribution >= 4 is 55.4 Å². The van der Waals surface area contributed by atoms with E-state index in [2.05, 4.69) is 20.3 Å². The normalized spacial score (nSPS) is 12.0. The van der Waals surface area contributed by atoms with E-state index in [4.69, 9.17) is 5.73 Å². The van der Waals surface area contributed by atoms with Crippen LogP contribution in [0.3, 0.4) is 0 Å². The van der Waals surface area contributed by atoms with E-state index in [1.807, 2.05) is 0 Å². The highest BCUT2D eigenvalue weighted by Crippen LogP contribution is 2.40. The van der Waals surface area contributed by atoms with Gasteiger partial charge in [0.05, 0.1) is 24.6 Å². The molecule has 4 aromatic rings. The standard InChI is InChI=1S/C27H28N6O8S2/c28-24-22(31-19-7-2-1-3-8-19)16-21(26-29-17-30-27(32-26)33(12-14-34)13-15-35)20(25(24)43(39,40)41)11-10-18-6-4-5-9-23(18)42(36,37)38/h1-11,16-17,31,34-35H,12-15,28H2,(H,36,37,38)(H,39,40,41). The summed E-state index contributed by atoms with van der Waals surface area (Å²) in [6.07, 6.45) is 3.58. The van der Waals surface area contributed by atoms with E-state index in [0.29, 0.717) is 5.69 Å². The summed E-state index contributed by atoms with van der Waals surface area (Å²) in [5, 5.41) is 21.9. The molecule has 0 saturated heterocycles. The maximum atomic E-state index is 12.8. The van der Waals surface area contributed by atoms with Crippen molar-refractivity contribution in [2.75, 3.05) is 42.3 Å². The molecule has 4 rings (SSSR count). The van der Waals surface area contributed by atoms with E-state index in [9.17, 15) is 36.2 Å². The number of aliphatic hydroxyl groups is 2. The second-order valence-corrected chi connectivity index (χ2v) is 11.7. The van der Waals surface area contributed by atoms with Crippen LogP contribution < -0.4 is 16.0 Å². The van der Waals surface area contributed by atoms with Gasteiger partial charge in [-0.15, -0.1) is 0 Å². The van der Waals surface area contributed by atoms with Gasteiger partial charge in [0, 0.05) is 29.9 Å². The van der Waals surface area contributed by atoms with Gasteiger partial charge in [-0.1, -0.05) is 48.6 Å². The smallest absolute Gasteiger partial charge is 0.297 e. The lowest BCUT2D eigenvalue weighted by Gasteiger charge is -2.21. The first-order chi connectivity index (χ1) is 20.4. The number of aromatic nitrogens is 3. The molecular weight excluding hydrogens is 600 g/mol. The number of nitrogens with one attached hydrogen (secondary N) is 1. The molecule has 0 aliphatic heterocycles. The number of hydrogen-bond donors (Lipinski definition) is 6. The molecule has 0 saturated carbocycles. The maximum absolute atomic E-state index is 12.8. The molecule has 0 bridgehead atoms. The van der Waals surface area contributed by atoms with Crippen molar-refractivity contribution in [2.24, 2.45) is 0 Å². The summed E-state index contributed by atoms with van der Waals surface area (Å²) < 4.78 is 69.5. The summed E-state index contributed by atoms with van der Waals surface area (Å²) in [6.45, 7) is -0.409. The molecule has 14 nitrogen and oxygen atoms in total. The Bertz CT molecular complexity index is 1850. The molecule has 226 valence electrons. The first-order valence-corrected chi connectivity index (χ1v) is 15.5. The number of aliphatic hydroxyl groups excluding tert-OH is 2. The van der Waals surface area contributed by atoms with Gasteiger partial charge in [-0.3, -0.25) is 9.11 Å². The van der Waals surface area contributed by atoms with Crippen molar-refractivity contribution in [1.82, 2.24) is 15.0 Å². The third-order valence-corrected chi connectivity index (χ3v) is 8.00. The minimum Gasteiger partial charge on any atom is -0.396 e. The Hall–Kier alpha value is -4.45. The van der Waals surface area contributed by atoms with Gasteiger partial charge in [0.1, 0.15) is 16.1 Å². The average molecular weight is 629 g/mol. The van der Waals surface area contributed by atoms with Crippen LogP contribution in [0.25, 0.3) is 23.5 Å². The fourth-order valence-electron chi connectivity index (χ4n) is 4.25. The lowest BCUT2D eigenvalue weighted by molar-refractivity contribution is 0.280. The van der Waals surface area contributed by atoms with Crippen LogP contribution >= 0.6 is 0 Å². The molecule has 0 radical (unpaired) electrons. The minimum atomic E-state index is -5.03. The molecule has 3 aromatic carbocycles. The van der Waals surface area contributed by atoms with Crippen LogP contribution in [-0.4, -0.2) is 77.4 Å². The van der Waals surface area contributed by atoms with Crippen molar-refractivity contribution < 1.29 is 36.2 Å². The van der Waals surface area contributed by atoms with Crippen LogP contribution in [0.15, 0.2) is 76.8 Å². The fourth-order valence-corrected chi connectivity index (χ4v) is 5.78. The van der Waals surface area contributed by atoms with E-state index in [1.165, 1.54) is 41.3 Å². The SMILES string of the molecule is Nc1c(Nc2ccccc2)cc(-c2ncnc(N(CCO)CCO)n2)c(C=Cc2ccccc2S(=O)(=O)O)c1S(=O)(=O)O. The Morgan fingerprint density at radius 3 is 2.14 bits per heavy atom. The van der Waals surface area contributed by atoms with Gasteiger partial charge in [-0.25, -0.2) is 9.97 Å². The number of anilines is 4. The number of benzene rings is 3. The molecule has 0 aliphatic carbocycles. The number of para-hydroxylation sites is 1. The highest BCUT2D eigenvalue weighted by molar-refractivity contribution is 7.86. The van der Waals surface area contributed by atoms with Crippen molar-refractivity contribution in [3.63, 3.8) is 0 Å². The second-order valence-electron chi connectivity index (χ2n) is 8.98. The molecule has 1 aromatic heterocycles. The number of nitrogens with two attached hydrogens (primary N) is 1. The molecule has 7 N–H and O–H groups in total. The van der Waals surface area contributed by atoms with Gasteiger partial charge in [-0.2, -0.15) is 21.8 Å². The lowest BCUT2D eigenvalue weighted by Crippen LogP contribution is -2.31. The van der Waals surface area contributed by atoms with Crippen LogP contribution in [0.5, 0.6) is 0 Å². The van der Waals surface area contributed by atoms with Crippen LogP contribution in [0, 0.1) is 0 Å². The largest absolute Gasteiger partial charge is 0.396 e. The fraction of sp³-hybridized carbons (Fsp3) is 0.148. The van der Waals surface area contributed by atoms with Gasteiger partial charge < -0.3 is 26.2 Å². The number of nitrogen functional groups attached to an aromatic ring is 1. The molecule has 0 spiro atoms. The van der Waals surface area contributed by atoms with Gasteiger partial charge in [0.25, 0.3) is 20.2 Å². The molecule has 0 amide bonds. The van der Waals surface area contributed by atoms with Crippen molar-refractivity contribution in [1.29, 1.82) is 0 Å². The Balaban J connectivity index is 2.02. The summed E-state index contributed by atoms with van der Waals surface area (Å²) in [7, 11) is -9.67. The summed E-state index contributed by atoms with van der Waals surface area (Å²) in [4.78, 5) is 13.0. The molecule has 1 heterocycles. The summed E-state index contributed by atoms with van der Waals surface area (Å²) >= 11 is 0. The molecular formula is C27H28N6O8S2.